The van der Waals surface area contributed by atoms with Gasteiger partial charge in [-0.1, -0.05) is 30.7 Å². The first kappa shape index (κ1) is 18.1. The maximum absolute atomic E-state index is 13.0. The van der Waals surface area contributed by atoms with Crippen LogP contribution in [0.25, 0.3) is 0 Å². The molecule has 0 radical (unpaired) electrons. The molecule has 0 saturated carbocycles. The summed E-state index contributed by atoms with van der Waals surface area (Å²) in [5.41, 5.74) is -1.17. The fourth-order valence-electron chi connectivity index (χ4n) is 2.05. The van der Waals surface area contributed by atoms with Gasteiger partial charge in [0.1, 0.15) is 5.75 Å². The van der Waals surface area contributed by atoms with Crippen LogP contribution in [-0.2, 0) is 6.18 Å². The highest BCUT2D eigenvalue weighted by atomic mass is 35.5. The van der Waals surface area contributed by atoms with Gasteiger partial charge in [-0.3, -0.25) is 4.79 Å². The number of carbonyl (C=O) groups is 1. The number of alkyl halides is 3. The number of para-hydroxylation sites is 1. The molecule has 0 fully saturated rings. The first-order chi connectivity index (χ1) is 11.3. The van der Waals surface area contributed by atoms with Crippen molar-refractivity contribution in [3.8, 4) is 5.75 Å². The highest BCUT2D eigenvalue weighted by molar-refractivity contribution is 6.31. The molecule has 0 saturated heterocycles. The minimum absolute atomic E-state index is 0.0768. The van der Waals surface area contributed by atoms with E-state index >= 15 is 0 Å². The first-order valence-electron chi connectivity index (χ1n) is 7.23. The predicted molar refractivity (Wildman–Crippen MR) is 86.6 cm³/mol. The minimum atomic E-state index is -4.57. The fourth-order valence-corrected chi connectivity index (χ4v) is 2.22. The Labute approximate surface area is 142 Å². The molecular weight excluding hydrogens is 343 g/mol. The number of anilines is 1. The van der Waals surface area contributed by atoms with Gasteiger partial charge in [0.15, 0.2) is 0 Å². The molecule has 0 bridgehead atoms. The molecule has 2 aromatic rings. The molecule has 3 nitrogen and oxygen atoms in total. The Balaban J connectivity index is 2.33. The van der Waals surface area contributed by atoms with E-state index in [0.717, 1.165) is 12.5 Å². The van der Waals surface area contributed by atoms with E-state index in [2.05, 4.69) is 5.32 Å². The van der Waals surface area contributed by atoms with Crippen molar-refractivity contribution in [1.29, 1.82) is 0 Å². The van der Waals surface area contributed by atoms with Crippen LogP contribution in [0.5, 0.6) is 5.75 Å². The smallest absolute Gasteiger partial charge is 0.418 e. The van der Waals surface area contributed by atoms with Crippen LogP contribution >= 0.6 is 11.6 Å². The van der Waals surface area contributed by atoms with E-state index in [4.69, 9.17) is 16.3 Å². The van der Waals surface area contributed by atoms with E-state index in [1.807, 2.05) is 6.92 Å². The van der Waals surface area contributed by atoms with Crippen LogP contribution in [0.3, 0.4) is 0 Å². The maximum atomic E-state index is 13.0. The monoisotopic (exact) mass is 357 g/mol. The molecule has 0 aliphatic rings. The summed E-state index contributed by atoms with van der Waals surface area (Å²) in [5.74, 6) is -0.455. The van der Waals surface area contributed by atoms with E-state index in [9.17, 15) is 18.0 Å². The highest BCUT2D eigenvalue weighted by Crippen LogP contribution is 2.35. The number of benzene rings is 2. The summed E-state index contributed by atoms with van der Waals surface area (Å²) in [5, 5.41) is 2.57. The largest absolute Gasteiger partial charge is 0.493 e. The van der Waals surface area contributed by atoms with E-state index in [1.165, 1.54) is 30.3 Å². The number of amides is 1. The van der Waals surface area contributed by atoms with Crippen molar-refractivity contribution in [2.45, 2.75) is 19.5 Å². The van der Waals surface area contributed by atoms with Crippen molar-refractivity contribution >= 4 is 23.2 Å². The number of ether oxygens (including phenoxy) is 1. The van der Waals surface area contributed by atoms with Crippen molar-refractivity contribution in [2.24, 2.45) is 0 Å². The molecule has 0 spiro atoms. The first-order valence-corrected chi connectivity index (χ1v) is 7.60. The lowest BCUT2D eigenvalue weighted by atomic mass is 10.1. The summed E-state index contributed by atoms with van der Waals surface area (Å²) >= 11 is 5.89. The van der Waals surface area contributed by atoms with Crippen LogP contribution in [0.1, 0.15) is 29.3 Å². The average molecular weight is 358 g/mol. The number of hydrogen-bond donors (Lipinski definition) is 1. The third-order valence-electron chi connectivity index (χ3n) is 3.13. The van der Waals surface area contributed by atoms with Crippen molar-refractivity contribution in [1.82, 2.24) is 0 Å². The Hall–Kier alpha value is -2.21. The van der Waals surface area contributed by atoms with Crippen LogP contribution in [0.2, 0.25) is 5.02 Å². The molecule has 128 valence electrons. The molecule has 1 amide bonds. The van der Waals surface area contributed by atoms with E-state index < -0.39 is 17.6 Å². The third kappa shape index (κ3) is 4.41. The predicted octanol–water partition coefficient (Wildman–Crippen LogP) is 5.40. The molecule has 2 rings (SSSR count). The quantitative estimate of drug-likeness (QED) is 0.778. The standard InChI is InChI=1S/C17H15ClF3NO2/c1-2-9-24-15-8-7-11(18)10-12(15)16(23)22-14-6-4-3-5-13(14)17(19,20)21/h3-8,10H,2,9H2,1H3,(H,22,23). The van der Waals surface area contributed by atoms with Gasteiger partial charge < -0.3 is 10.1 Å². The second-order valence-corrected chi connectivity index (χ2v) is 5.42. The molecule has 2 aromatic carbocycles. The molecule has 0 aromatic heterocycles. The number of carbonyl (C=O) groups excluding carboxylic acids is 1. The summed E-state index contributed by atoms with van der Waals surface area (Å²) in [6.07, 6.45) is -3.85. The molecule has 24 heavy (non-hydrogen) atoms. The molecule has 1 N–H and O–H groups in total. The Bertz CT molecular complexity index is 732. The van der Waals surface area contributed by atoms with Crippen LogP contribution in [0.15, 0.2) is 42.5 Å². The normalized spacial score (nSPS) is 11.2. The zero-order valence-electron chi connectivity index (χ0n) is 12.8. The summed E-state index contributed by atoms with van der Waals surface area (Å²) in [7, 11) is 0. The SMILES string of the molecule is CCCOc1ccc(Cl)cc1C(=O)Nc1ccccc1C(F)(F)F. The third-order valence-corrected chi connectivity index (χ3v) is 3.36. The summed E-state index contributed by atoms with van der Waals surface area (Å²) < 4.78 is 44.5. The van der Waals surface area contributed by atoms with Crippen LogP contribution in [0, 0.1) is 0 Å². The summed E-state index contributed by atoms with van der Waals surface area (Å²) in [4.78, 5) is 12.4. The summed E-state index contributed by atoms with van der Waals surface area (Å²) in [6.45, 7) is 2.27. The number of halogens is 4. The molecule has 7 heteroatoms. The van der Waals surface area contributed by atoms with E-state index in [1.54, 1.807) is 6.07 Å². The van der Waals surface area contributed by atoms with Gasteiger partial charge in [-0.15, -0.1) is 0 Å². The second kappa shape index (κ2) is 7.57. The maximum Gasteiger partial charge on any atom is 0.418 e. The Morgan fingerprint density at radius 2 is 1.92 bits per heavy atom. The molecule has 0 unspecified atom stereocenters. The van der Waals surface area contributed by atoms with Crippen LogP contribution < -0.4 is 10.1 Å². The van der Waals surface area contributed by atoms with Gasteiger partial charge in [-0.05, 0) is 36.8 Å². The van der Waals surface area contributed by atoms with Gasteiger partial charge in [0.05, 0.1) is 23.4 Å². The Kier molecular flexibility index (Phi) is 5.72. The molecule has 0 atom stereocenters. The number of hydrogen-bond acceptors (Lipinski definition) is 2. The zero-order valence-corrected chi connectivity index (χ0v) is 13.5. The molecular formula is C17H15ClF3NO2. The van der Waals surface area contributed by atoms with Gasteiger partial charge in [-0.25, -0.2) is 0 Å². The van der Waals surface area contributed by atoms with Gasteiger partial charge in [0.25, 0.3) is 5.91 Å². The zero-order chi connectivity index (χ0) is 17.7. The van der Waals surface area contributed by atoms with Gasteiger partial charge >= 0.3 is 6.18 Å². The Morgan fingerprint density at radius 1 is 1.21 bits per heavy atom. The lowest BCUT2D eigenvalue weighted by molar-refractivity contribution is -0.136. The van der Waals surface area contributed by atoms with Crippen LogP contribution in [0.4, 0.5) is 18.9 Å². The summed E-state index contributed by atoms with van der Waals surface area (Å²) in [6, 6.07) is 9.19. The fraction of sp³-hybridized carbons (Fsp3) is 0.235. The minimum Gasteiger partial charge on any atom is -0.493 e. The number of nitrogens with one attached hydrogen (secondary N) is 1. The van der Waals surface area contributed by atoms with Crippen molar-refractivity contribution in [3.63, 3.8) is 0 Å². The van der Waals surface area contributed by atoms with Gasteiger partial charge in [-0.2, -0.15) is 13.2 Å². The average Bonchev–Trinajstić information content (AvgIpc) is 2.53. The van der Waals surface area contributed by atoms with Gasteiger partial charge in [0, 0.05) is 5.02 Å². The molecule has 0 aliphatic carbocycles. The topological polar surface area (TPSA) is 38.3 Å². The highest BCUT2D eigenvalue weighted by Gasteiger charge is 2.33. The lowest BCUT2D eigenvalue weighted by Gasteiger charge is -2.15. The van der Waals surface area contributed by atoms with Crippen molar-refractivity contribution in [3.05, 3.63) is 58.6 Å². The van der Waals surface area contributed by atoms with E-state index in [0.29, 0.717) is 6.61 Å². The lowest BCUT2D eigenvalue weighted by Crippen LogP contribution is -2.17. The van der Waals surface area contributed by atoms with Crippen molar-refractivity contribution < 1.29 is 22.7 Å². The van der Waals surface area contributed by atoms with E-state index in [-0.39, 0.29) is 22.0 Å². The number of rotatable bonds is 5. The second-order valence-electron chi connectivity index (χ2n) is 4.99. The Morgan fingerprint density at radius 3 is 2.58 bits per heavy atom. The van der Waals surface area contributed by atoms with Crippen LogP contribution in [-0.4, -0.2) is 12.5 Å². The van der Waals surface area contributed by atoms with Gasteiger partial charge in [0.2, 0.25) is 0 Å². The molecule has 0 aliphatic heterocycles. The molecule has 0 heterocycles. The van der Waals surface area contributed by atoms with Crippen molar-refractivity contribution in [2.75, 3.05) is 11.9 Å².